The molecular formula is C18H16ClF2N3O2. The van der Waals surface area contributed by atoms with Gasteiger partial charge in [0.05, 0.1) is 10.5 Å². The van der Waals surface area contributed by atoms with E-state index < -0.39 is 17.7 Å². The molecule has 0 spiro atoms. The Hall–Kier alpha value is -2.54. The molecule has 2 aromatic rings. The van der Waals surface area contributed by atoms with E-state index >= 15 is 0 Å². The molecule has 0 atom stereocenters. The monoisotopic (exact) mass is 379 g/mol. The fourth-order valence-electron chi connectivity index (χ4n) is 2.74. The van der Waals surface area contributed by atoms with Crippen molar-refractivity contribution in [1.82, 2.24) is 9.99 Å². The number of benzene rings is 1. The van der Waals surface area contributed by atoms with Gasteiger partial charge in [0.1, 0.15) is 5.82 Å². The molecule has 1 aromatic carbocycles. The highest BCUT2D eigenvalue weighted by Gasteiger charge is 2.35. The maximum absolute atomic E-state index is 14.1. The topological polar surface area (TPSA) is 62.3 Å². The summed E-state index contributed by atoms with van der Waals surface area (Å²) in [5.74, 6) is -4.32. The molecule has 3 rings (SSSR count). The maximum Gasteiger partial charge on any atom is 0.275 e. The van der Waals surface area contributed by atoms with Crippen LogP contribution >= 0.6 is 11.6 Å². The van der Waals surface area contributed by atoms with E-state index in [-0.39, 0.29) is 27.3 Å². The number of carbonyl (C=O) groups is 2. The van der Waals surface area contributed by atoms with Crippen LogP contribution in [-0.2, 0) is 15.5 Å². The van der Waals surface area contributed by atoms with Crippen LogP contribution in [0.4, 0.5) is 14.6 Å². The summed E-state index contributed by atoms with van der Waals surface area (Å²) in [5.41, 5.74) is 3.67. The van der Waals surface area contributed by atoms with Crippen LogP contribution in [-0.4, -0.2) is 21.8 Å². The highest BCUT2D eigenvalue weighted by atomic mass is 35.5. The lowest BCUT2D eigenvalue weighted by Gasteiger charge is -2.20. The predicted octanol–water partition coefficient (Wildman–Crippen LogP) is 4.34. The smallest absolute Gasteiger partial charge is 0.271 e. The van der Waals surface area contributed by atoms with Crippen molar-refractivity contribution in [2.24, 2.45) is 0 Å². The van der Waals surface area contributed by atoms with E-state index in [1.54, 1.807) is 13.0 Å². The number of halogens is 3. The Bertz CT molecular complexity index is 972. The first-order chi connectivity index (χ1) is 12.0. The van der Waals surface area contributed by atoms with Gasteiger partial charge in [-0.1, -0.05) is 23.7 Å². The highest BCUT2D eigenvalue weighted by Crippen LogP contribution is 2.37. The van der Waals surface area contributed by atoms with Crippen LogP contribution in [0.2, 0.25) is 5.02 Å². The second-order valence-electron chi connectivity index (χ2n) is 6.34. The summed E-state index contributed by atoms with van der Waals surface area (Å²) in [6, 6.07) is 4.29. The van der Waals surface area contributed by atoms with E-state index in [1.165, 1.54) is 19.9 Å². The Morgan fingerprint density at radius 3 is 2.23 bits per heavy atom. The first kappa shape index (κ1) is 18.3. The molecule has 0 saturated heterocycles. The number of hydrogen-bond donors (Lipinski definition) is 1. The van der Waals surface area contributed by atoms with Gasteiger partial charge >= 0.3 is 0 Å². The first-order valence-electron chi connectivity index (χ1n) is 7.83. The van der Waals surface area contributed by atoms with Crippen molar-refractivity contribution in [2.75, 3.05) is 5.43 Å². The van der Waals surface area contributed by atoms with Crippen molar-refractivity contribution < 1.29 is 18.4 Å². The number of pyridine rings is 1. The van der Waals surface area contributed by atoms with Crippen LogP contribution in [0.25, 0.3) is 10.9 Å². The molecule has 1 aromatic heterocycles. The highest BCUT2D eigenvalue weighted by molar-refractivity contribution is 6.36. The summed E-state index contributed by atoms with van der Waals surface area (Å²) >= 11 is 6.25. The third-order valence-corrected chi connectivity index (χ3v) is 4.90. The molecule has 0 saturated carbocycles. The molecule has 8 heteroatoms. The van der Waals surface area contributed by atoms with Crippen LogP contribution in [0.3, 0.4) is 0 Å². The fourth-order valence-corrected chi connectivity index (χ4v) is 2.95. The number of amides is 2. The van der Waals surface area contributed by atoms with E-state index in [0.29, 0.717) is 16.7 Å². The molecule has 1 N–H and O–H groups in total. The minimum absolute atomic E-state index is 0.0641. The van der Waals surface area contributed by atoms with Crippen molar-refractivity contribution in [3.05, 3.63) is 45.5 Å². The van der Waals surface area contributed by atoms with Crippen molar-refractivity contribution in [3.63, 3.8) is 0 Å². The Labute approximate surface area is 153 Å². The largest absolute Gasteiger partial charge is 0.275 e. The van der Waals surface area contributed by atoms with Crippen LogP contribution in [0.1, 0.15) is 31.9 Å². The minimum Gasteiger partial charge on any atom is -0.271 e. The molecule has 1 aliphatic rings. The van der Waals surface area contributed by atoms with E-state index in [0.717, 1.165) is 18.0 Å². The molecule has 2 amide bonds. The van der Waals surface area contributed by atoms with Crippen molar-refractivity contribution in [2.45, 2.75) is 33.6 Å². The van der Waals surface area contributed by atoms with Gasteiger partial charge in [-0.05, 0) is 32.4 Å². The SMILES string of the molecule is CC1=C(C)C(=O)N(Nc2cc(C(C)(F)F)c3ccc(C)c(Cl)c3n2)C1=O. The predicted molar refractivity (Wildman–Crippen MR) is 94.9 cm³/mol. The standard InChI is InChI=1S/C18H16ClF2N3O2/c1-8-5-6-11-12(18(4,20)21)7-13(22-15(11)14(8)19)23-24-16(25)9(2)10(3)17(24)26/h5-7H,1-4H3,(H,22,23). The van der Waals surface area contributed by atoms with Crippen molar-refractivity contribution in [1.29, 1.82) is 0 Å². The van der Waals surface area contributed by atoms with Gasteiger partial charge in [0.25, 0.3) is 17.7 Å². The lowest BCUT2D eigenvalue weighted by molar-refractivity contribution is -0.135. The molecule has 0 unspecified atom stereocenters. The average Bonchev–Trinajstić information content (AvgIpc) is 2.75. The van der Waals surface area contributed by atoms with E-state index in [1.807, 2.05) is 0 Å². The molecule has 5 nitrogen and oxygen atoms in total. The van der Waals surface area contributed by atoms with E-state index in [4.69, 9.17) is 11.6 Å². The number of fused-ring (bicyclic) bond motifs is 1. The number of alkyl halides is 2. The second-order valence-corrected chi connectivity index (χ2v) is 6.72. The number of hydrogen-bond acceptors (Lipinski definition) is 4. The lowest BCUT2D eigenvalue weighted by Crippen LogP contribution is -2.37. The first-order valence-corrected chi connectivity index (χ1v) is 8.21. The number of nitrogens with zero attached hydrogens (tertiary/aromatic N) is 2. The number of carbonyl (C=O) groups excluding carboxylic acids is 2. The molecule has 0 aliphatic carbocycles. The van der Waals surface area contributed by atoms with Gasteiger partial charge < -0.3 is 0 Å². The number of hydrazine groups is 1. The van der Waals surface area contributed by atoms with Gasteiger partial charge in [0.2, 0.25) is 0 Å². The number of imide groups is 1. The zero-order valence-corrected chi connectivity index (χ0v) is 15.3. The molecule has 0 radical (unpaired) electrons. The Morgan fingerprint density at radius 2 is 1.69 bits per heavy atom. The van der Waals surface area contributed by atoms with Crippen LogP contribution in [0.15, 0.2) is 29.3 Å². The Morgan fingerprint density at radius 1 is 1.12 bits per heavy atom. The van der Waals surface area contributed by atoms with Crippen LogP contribution in [0.5, 0.6) is 0 Å². The Kier molecular flexibility index (Phi) is 4.23. The molecule has 1 aliphatic heterocycles. The normalized spacial score (nSPS) is 15.4. The quantitative estimate of drug-likeness (QED) is 0.806. The number of aryl methyl sites for hydroxylation is 1. The van der Waals surface area contributed by atoms with Gasteiger partial charge in [0.15, 0.2) is 0 Å². The average molecular weight is 380 g/mol. The minimum atomic E-state index is -3.17. The lowest BCUT2D eigenvalue weighted by atomic mass is 10.0. The molecular weight excluding hydrogens is 364 g/mol. The van der Waals surface area contributed by atoms with E-state index in [2.05, 4.69) is 10.4 Å². The summed E-state index contributed by atoms with van der Waals surface area (Å²) in [5, 5.41) is 1.21. The second kappa shape index (κ2) is 6.02. The van der Waals surface area contributed by atoms with Gasteiger partial charge in [-0.3, -0.25) is 15.0 Å². The number of nitrogens with one attached hydrogen (secondary N) is 1. The van der Waals surface area contributed by atoms with Crippen LogP contribution < -0.4 is 5.43 Å². The Balaban J connectivity index is 2.15. The number of rotatable bonds is 3. The molecule has 136 valence electrons. The van der Waals surface area contributed by atoms with Crippen LogP contribution in [0, 0.1) is 6.92 Å². The summed E-state index contributed by atoms with van der Waals surface area (Å²) in [7, 11) is 0. The number of anilines is 1. The van der Waals surface area contributed by atoms with Gasteiger partial charge in [0, 0.05) is 29.0 Å². The summed E-state index contributed by atoms with van der Waals surface area (Å²) in [6.45, 7) is 5.55. The summed E-state index contributed by atoms with van der Waals surface area (Å²) in [4.78, 5) is 28.6. The van der Waals surface area contributed by atoms with Crippen molar-refractivity contribution >= 4 is 40.1 Å². The molecule has 0 fully saturated rings. The van der Waals surface area contributed by atoms with E-state index in [9.17, 15) is 18.4 Å². The van der Waals surface area contributed by atoms with Gasteiger partial charge in [-0.2, -0.15) is 5.01 Å². The third kappa shape index (κ3) is 2.82. The third-order valence-electron chi connectivity index (χ3n) is 4.42. The molecule has 0 bridgehead atoms. The maximum atomic E-state index is 14.1. The summed E-state index contributed by atoms with van der Waals surface area (Å²) in [6.07, 6.45) is 0. The van der Waals surface area contributed by atoms with Gasteiger partial charge in [-0.25, -0.2) is 13.8 Å². The van der Waals surface area contributed by atoms with Crippen molar-refractivity contribution in [3.8, 4) is 0 Å². The fraction of sp³-hybridized carbons (Fsp3) is 0.278. The summed E-state index contributed by atoms with van der Waals surface area (Å²) < 4.78 is 28.3. The van der Waals surface area contributed by atoms with Gasteiger partial charge in [-0.15, -0.1) is 0 Å². The zero-order chi connectivity index (χ0) is 19.4. The number of aromatic nitrogens is 1. The molecule has 2 heterocycles. The zero-order valence-electron chi connectivity index (χ0n) is 14.6. The molecule has 26 heavy (non-hydrogen) atoms.